The lowest BCUT2D eigenvalue weighted by Crippen LogP contribution is -2.08. The molecule has 3 heteroatoms. The summed E-state index contributed by atoms with van der Waals surface area (Å²) in [6, 6.07) is 16.1. The van der Waals surface area contributed by atoms with Crippen LogP contribution in [0.25, 0.3) is 11.0 Å². The van der Waals surface area contributed by atoms with E-state index in [1.807, 2.05) is 42.5 Å². The van der Waals surface area contributed by atoms with Crippen molar-refractivity contribution in [2.75, 3.05) is 0 Å². The van der Waals surface area contributed by atoms with E-state index < -0.39 is 0 Å². The average molecular weight is 266 g/mol. The Morgan fingerprint density at radius 2 is 2.00 bits per heavy atom. The summed E-state index contributed by atoms with van der Waals surface area (Å²) in [5, 5.41) is 0. The van der Waals surface area contributed by atoms with Crippen LogP contribution in [0.2, 0.25) is 0 Å². The SMILES string of the molecule is CCC(Oc1cccc(C)c1)c1nc2ccccc2[nH]1. The summed E-state index contributed by atoms with van der Waals surface area (Å²) in [5.74, 6) is 1.77. The van der Waals surface area contributed by atoms with E-state index in [0.717, 1.165) is 29.0 Å². The van der Waals surface area contributed by atoms with Crippen molar-refractivity contribution < 1.29 is 4.74 Å². The first-order valence-corrected chi connectivity index (χ1v) is 6.94. The Balaban J connectivity index is 1.89. The fraction of sp³-hybridized carbons (Fsp3) is 0.235. The highest BCUT2D eigenvalue weighted by molar-refractivity contribution is 5.74. The minimum Gasteiger partial charge on any atom is -0.483 e. The maximum absolute atomic E-state index is 6.07. The Hall–Kier alpha value is -2.29. The van der Waals surface area contributed by atoms with Gasteiger partial charge in [0, 0.05) is 0 Å². The van der Waals surface area contributed by atoms with E-state index in [2.05, 4.69) is 29.9 Å². The molecule has 1 heterocycles. The van der Waals surface area contributed by atoms with Gasteiger partial charge in [-0.1, -0.05) is 31.2 Å². The van der Waals surface area contributed by atoms with Crippen LogP contribution >= 0.6 is 0 Å². The van der Waals surface area contributed by atoms with Gasteiger partial charge in [0.25, 0.3) is 0 Å². The number of aromatic nitrogens is 2. The van der Waals surface area contributed by atoms with Crippen molar-refractivity contribution in [3.8, 4) is 5.75 Å². The first-order chi connectivity index (χ1) is 9.76. The van der Waals surface area contributed by atoms with Crippen LogP contribution in [0.5, 0.6) is 5.75 Å². The van der Waals surface area contributed by atoms with Crippen LogP contribution in [0.15, 0.2) is 48.5 Å². The molecule has 3 rings (SSSR count). The van der Waals surface area contributed by atoms with Crippen LogP contribution in [0, 0.1) is 6.92 Å². The van der Waals surface area contributed by atoms with Gasteiger partial charge in [-0.15, -0.1) is 0 Å². The van der Waals surface area contributed by atoms with Crippen molar-refractivity contribution in [3.63, 3.8) is 0 Å². The second kappa shape index (κ2) is 5.37. The van der Waals surface area contributed by atoms with E-state index in [0.29, 0.717) is 0 Å². The molecule has 1 atom stereocenters. The summed E-state index contributed by atoms with van der Waals surface area (Å²) >= 11 is 0. The lowest BCUT2D eigenvalue weighted by Gasteiger charge is -2.15. The summed E-state index contributed by atoms with van der Waals surface area (Å²) in [6.07, 6.45) is 0.817. The largest absolute Gasteiger partial charge is 0.483 e. The predicted octanol–water partition coefficient (Wildman–Crippen LogP) is 4.40. The third-order valence-electron chi connectivity index (χ3n) is 3.35. The molecule has 0 radical (unpaired) electrons. The standard InChI is InChI=1S/C17H18N2O/c1-3-16(20-13-8-6-7-12(2)11-13)17-18-14-9-4-5-10-15(14)19-17/h4-11,16H,3H2,1-2H3,(H,18,19). The van der Waals surface area contributed by atoms with Gasteiger partial charge in [0.2, 0.25) is 0 Å². The second-order valence-corrected chi connectivity index (χ2v) is 4.97. The highest BCUT2D eigenvalue weighted by Gasteiger charge is 2.15. The number of rotatable bonds is 4. The molecule has 0 amide bonds. The van der Waals surface area contributed by atoms with Crippen molar-refractivity contribution in [3.05, 3.63) is 59.9 Å². The smallest absolute Gasteiger partial charge is 0.156 e. The number of benzene rings is 2. The van der Waals surface area contributed by atoms with Crippen molar-refractivity contribution in [1.82, 2.24) is 9.97 Å². The topological polar surface area (TPSA) is 37.9 Å². The Labute approximate surface area is 118 Å². The van der Waals surface area contributed by atoms with Gasteiger partial charge in [-0.25, -0.2) is 4.98 Å². The molecular weight excluding hydrogens is 248 g/mol. The van der Waals surface area contributed by atoms with Crippen molar-refractivity contribution in [2.24, 2.45) is 0 Å². The van der Waals surface area contributed by atoms with Crippen LogP contribution in [0.3, 0.4) is 0 Å². The number of para-hydroxylation sites is 2. The molecule has 20 heavy (non-hydrogen) atoms. The third kappa shape index (κ3) is 2.52. The molecule has 0 spiro atoms. The van der Waals surface area contributed by atoms with Gasteiger partial charge in [0.05, 0.1) is 11.0 Å². The monoisotopic (exact) mass is 266 g/mol. The Bertz CT molecular complexity index is 685. The summed E-state index contributed by atoms with van der Waals surface area (Å²) in [4.78, 5) is 7.97. The predicted molar refractivity (Wildman–Crippen MR) is 80.9 cm³/mol. The fourth-order valence-electron chi connectivity index (χ4n) is 2.31. The molecule has 3 aromatic rings. The molecule has 0 aliphatic rings. The first-order valence-electron chi connectivity index (χ1n) is 6.94. The molecule has 0 bridgehead atoms. The Kier molecular flexibility index (Phi) is 3.42. The maximum atomic E-state index is 6.07. The highest BCUT2D eigenvalue weighted by atomic mass is 16.5. The molecule has 1 unspecified atom stereocenters. The number of ether oxygens (including phenoxy) is 1. The normalized spacial score (nSPS) is 12.5. The van der Waals surface area contributed by atoms with E-state index in [1.165, 1.54) is 5.56 Å². The fourth-order valence-corrected chi connectivity index (χ4v) is 2.31. The van der Waals surface area contributed by atoms with Crippen LogP contribution in [0.4, 0.5) is 0 Å². The average Bonchev–Trinajstić information content (AvgIpc) is 2.88. The van der Waals surface area contributed by atoms with Gasteiger partial charge < -0.3 is 9.72 Å². The van der Waals surface area contributed by atoms with Crippen molar-refractivity contribution in [1.29, 1.82) is 0 Å². The molecule has 0 aliphatic heterocycles. The molecule has 1 aromatic heterocycles. The highest BCUT2D eigenvalue weighted by Crippen LogP contribution is 2.25. The second-order valence-electron chi connectivity index (χ2n) is 4.97. The Morgan fingerprint density at radius 1 is 1.15 bits per heavy atom. The maximum Gasteiger partial charge on any atom is 0.156 e. The molecule has 0 aliphatic carbocycles. The number of aromatic amines is 1. The summed E-state index contributed by atoms with van der Waals surface area (Å²) < 4.78 is 6.07. The van der Waals surface area contributed by atoms with Crippen LogP contribution in [-0.2, 0) is 0 Å². The van der Waals surface area contributed by atoms with E-state index in [9.17, 15) is 0 Å². The summed E-state index contributed by atoms with van der Waals surface area (Å²) in [5.41, 5.74) is 3.23. The van der Waals surface area contributed by atoms with Crippen LogP contribution in [0.1, 0.15) is 30.8 Å². The zero-order valence-corrected chi connectivity index (χ0v) is 11.8. The number of hydrogen-bond acceptors (Lipinski definition) is 2. The van der Waals surface area contributed by atoms with Crippen molar-refractivity contribution in [2.45, 2.75) is 26.4 Å². The number of imidazole rings is 1. The number of nitrogens with one attached hydrogen (secondary N) is 1. The zero-order valence-electron chi connectivity index (χ0n) is 11.8. The number of fused-ring (bicyclic) bond motifs is 1. The molecule has 1 N–H and O–H groups in total. The van der Waals surface area contributed by atoms with Gasteiger partial charge >= 0.3 is 0 Å². The number of H-pyrrole nitrogens is 1. The molecule has 0 saturated carbocycles. The molecular formula is C17H18N2O. The van der Waals surface area contributed by atoms with Gasteiger partial charge in [-0.2, -0.15) is 0 Å². The molecule has 102 valence electrons. The summed E-state index contributed by atoms with van der Waals surface area (Å²) in [6.45, 7) is 4.17. The minimum atomic E-state index is -0.0517. The number of aryl methyl sites for hydroxylation is 1. The molecule has 3 nitrogen and oxygen atoms in total. The van der Waals surface area contributed by atoms with Gasteiger partial charge in [0.15, 0.2) is 6.10 Å². The molecule has 0 saturated heterocycles. The van der Waals surface area contributed by atoms with Gasteiger partial charge in [-0.3, -0.25) is 0 Å². The number of nitrogens with zero attached hydrogens (tertiary/aromatic N) is 1. The number of hydrogen-bond donors (Lipinski definition) is 1. The van der Waals surface area contributed by atoms with E-state index in [4.69, 9.17) is 4.74 Å². The van der Waals surface area contributed by atoms with Crippen LogP contribution in [-0.4, -0.2) is 9.97 Å². The van der Waals surface area contributed by atoms with Crippen molar-refractivity contribution >= 4 is 11.0 Å². The quantitative estimate of drug-likeness (QED) is 0.760. The minimum absolute atomic E-state index is 0.0517. The lowest BCUT2D eigenvalue weighted by atomic mass is 10.2. The van der Waals surface area contributed by atoms with Crippen LogP contribution < -0.4 is 4.74 Å². The zero-order chi connectivity index (χ0) is 13.9. The third-order valence-corrected chi connectivity index (χ3v) is 3.35. The molecule has 0 fully saturated rings. The first kappa shape index (κ1) is 12.7. The summed E-state index contributed by atoms with van der Waals surface area (Å²) in [7, 11) is 0. The van der Waals surface area contributed by atoms with Gasteiger partial charge in [0.1, 0.15) is 11.6 Å². The van der Waals surface area contributed by atoms with E-state index in [1.54, 1.807) is 0 Å². The van der Waals surface area contributed by atoms with E-state index in [-0.39, 0.29) is 6.10 Å². The Morgan fingerprint density at radius 3 is 2.75 bits per heavy atom. The van der Waals surface area contributed by atoms with Gasteiger partial charge in [-0.05, 0) is 43.2 Å². The molecule has 2 aromatic carbocycles. The lowest BCUT2D eigenvalue weighted by molar-refractivity contribution is 0.192. The van der Waals surface area contributed by atoms with E-state index >= 15 is 0 Å².